The van der Waals surface area contributed by atoms with E-state index in [1.807, 2.05) is 20.8 Å². The number of allylic oxidation sites excluding steroid dienone is 1. The molecule has 1 saturated heterocycles. The van der Waals surface area contributed by atoms with E-state index in [0.29, 0.717) is 25.8 Å². The van der Waals surface area contributed by atoms with Crippen molar-refractivity contribution in [2.24, 2.45) is 23.2 Å². The number of amides is 5. The second kappa shape index (κ2) is 15.3. The number of Topliss-reactive ketones (excluding diaryl/α,β-unsaturated/α-hetero) is 1. The van der Waals surface area contributed by atoms with Crippen molar-refractivity contribution in [2.75, 3.05) is 18.8 Å². The van der Waals surface area contributed by atoms with Crippen molar-refractivity contribution in [3.63, 3.8) is 0 Å². The smallest absolute Gasteiger partial charge is 0.315 e. The van der Waals surface area contributed by atoms with Gasteiger partial charge in [0.1, 0.15) is 12.1 Å². The summed E-state index contributed by atoms with van der Waals surface area (Å²) < 4.78 is 25.3. The fourth-order valence-corrected chi connectivity index (χ4v) is 9.91. The Bertz CT molecular complexity index is 1340. The first-order chi connectivity index (χ1) is 22.5. The third-order valence-electron chi connectivity index (χ3n) is 10.9. The molecule has 3 saturated carbocycles. The Morgan fingerprint density at radius 3 is 2.19 bits per heavy atom. The molecule has 4 N–H and O–H groups in total. The van der Waals surface area contributed by atoms with Gasteiger partial charge in [-0.05, 0) is 82.5 Å². The number of fused-ring (bicyclic) bond motifs is 1. The Morgan fingerprint density at radius 1 is 0.958 bits per heavy atom. The number of ketones is 1. The summed E-state index contributed by atoms with van der Waals surface area (Å²) in [4.78, 5) is 69.3. The van der Waals surface area contributed by atoms with E-state index in [4.69, 9.17) is 0 Å². The summed E-state index contributed by atoms with van der Waals surface area (Å²) in [5.74, 6) is -3.00. The van der Waals surface area contributed by atoms with Crippen molar-refractivity contribution in [2.45, 2.75) is 134 Å². The second-order valence-electron chi connectivity index (χ2n) is 15.9. The molecule has 0 radical (unpaired) electrons. The van der Waals surface area contributed by atoms with Gasteiger partial charge in [0, 0.05) is 18.6 Å². The molecule has 0 bridgehead atoms. The minimum absolute atomic E-state index is 0.0614. The quantitative estimate of drug-likeness (QED) is 0.160. The van der Waals surface area contributed by atoms with Crippen LogP contribution in [0.3, 0.4) is 0 Å². The number of carbonyl (C=O) groups is 5. The highest BCUT2D eigenvalue weighted by Gasteiger charge is 2.69. The lowest BCUT2D eigenvalue weighted by Crippen LogP contribution is -2.61. The van der Waals surface area contributed by atoms with Crippen molar-refractivity contribution in [1.82, 2.24) is 26.2 Å². The summed E-state index contributed by atoms with van der Waals surface area (Å²) in [6.45, 7) is 13.6. The van der Waals surface area contributed by atoms with E-state index in [9.17, 15) is 32.4 Å². The third kappa shape index (κ3) is 8.98. The first kappa shape index (κ1) is 37.9. The molecule has 3 aliphatic carbocycles. The molecule has 270 valence electrons. The summed E-state index contributed by atoms with van der Waals surface area (Å²) >= 11 is 0. The number of hydrogen-bond acceptors (Lipinski definition) is 7. The van der Waals surface area contributed by atoms with Crippen molar-refractivity contribution in [3.8, 4) is 0 Å². The summed E-state index contributed by atoms with van der Waals surface area (Å²) in [5.41, 5.74) is -0.700. The zero-order chi connectivity index (χ0) is 35.4. The van der Waals surface area contributed by atoms with Crippen LogP contribution in [0.4, 0.5) is 4.79 Å². The molecule has 1 heterocycles. The van der Waals surface area contributed by atoms with Crippen molar-refractivity contribution >= 4 is 39.4 Å². The molecule has 12 nitrogen and oxygen atoms in total. The average molecular weight is 692 g/mol. The molecule has 0 spiro atoms. The van der Waals surface area contributed by atoms with Gasteiger partial charge >= 0.3 is 6.03 Å². The molecule has 4 rings (SSSR count). The largest absolute Gasteiger partial charge is 0.348 e. The lowest BCUT2D eigenvalue weighted by atomic mass is 9.83. The van der Waals surface area contributed by atoms with Gasteiger partial charge in [0.05, 0.1) is 17.0 Å². The summed E-state index contributed by atoms with van der Waals surface area (Å²) in [7, 11) is -3.38. The highest BCUT2D eigenvalue weighted by atomic mass is 32.2. The van der Waals surface area contributed by atoms with Gasteiger partial charge < -0.3 is 26.2 Å². The molecule has 48 heavy (non-hydrogen) atoms. The van der Waals surface area contributed by atoms with Crippen LogP contribution in [0.5, 0.6) is 0 Å². The Labute approximate surface area is 286 Å². The topological polar surface area (TPSA) is 171 Å². The molecule has 5 amide bonds. The third-order valence-corrected chi connectivity index (χ3v) is 13.2. The molecule has 13 heteroatoms. The molecule has 2 unspecified atom stereocenters. The van der Waals surface area contributed by atoms with Crippen LogP contribution in [0.25, 0.3) is 0 Å². The number of piperidine rings is 1. The van der Waals surface area contributed by atoms with Crippen LogP contribution in [0.1, 0.15) is 105 Å². The summed E-state index contributed by atoms with van der Waals surface area (Å²) in [5, 5.41) is 10.7. The van der Waals surface area contributed by atoms with Gasteiger partial charge in [0.2, 0.25) is 17.6 Å². The van der Waals surface area contributed by atoms with Crippen LogP contribution in [-0.2, 0) is 29.0 Å². The van der Waals surface area contributed by atoms with E-state index in [1.165, 1.54) is 0 Å². The standard InChI is InChI=1S/C35H57N5O7S/c1-7-8-18-25(29(41)31(43)36-19-20-48(46,47)23-16-12-13-17-23)37-30(42)28-26-24(35(26,5)6)21-40(28)32(44)27(22-14-10-9-11-15-22)38-33(45)39-34(2,3)4/h7,22-28H,1,8-21H2,2-6H3,(H,36,43)(H,37,42)(H2,38,39,45)/t24?,25?,26-,27-,28-/m0/s1. The van der Waals surface area contributed by atoms with E-state index < -0.39 is 62.4 Å². The molecule has 0 aromatic rings. The SMILES string of the molecule is C=CCCC(NC(=O)[C@@H]1[C@@H]2C(CN1C(=O)[C@@H](NC(=O)NC(C)(C)C)C1CCCCC1)C2(C)C)C(=O)C(=O)NCCS(=O)(=O)C1CCCC1. The Morgan fingerprint density at radius 2 is 1.58 bits per heavy atom. The number of hydrogen-bond donors (Lipinski definition) is 4. The highest BCUT2D eigenvalue weighted by molar-refractivity contribution is 7.92. The lowest BCUT2D eigenvalue weighted by molar-refractivity contribution is -0.144. The van der Waals surface area contributed by atoms with Crippen LogP contribution in [0.2, 0.25) is 0 Å². The molecule has 1 aliphatic heterocycles. The average Bonchev–Trinajstić information content (AvgIpc) is 3.48. The van der Waals surface area contributed by atoms with E-state index >= 15 is 0 Å². The number of nitrogens with one attached hydrogen (secondary N) is 4. The Hall–Kier alpha value is -2.96. The molecule has 4 fully saturated rings. The number of rotatable bonds is 14. The first-order valence-corrected chi connectivity index (χ1v) is 19.5. The number of carbonyl (C=O) groups excluding carboxylic acids is 5. The van der Waals surface area contributed by atoms with Crippen LogP contribution in [0, 0.1) is 23.2 Å². The zero-order valence-electron chi connectivity index (χ0n) is 29.4. The maximum Gasteiger partial charge on any atom is 0.315 e. The van der Waals surface area contributed by atoms with E-state index in [1.54, 1.807) is 11.0 Å². The molecular formula is C35H57N5O7S. The van der Waals surface area contributed by atoms with Crippen LogP contribution < -0.4 is 21.3 Å². The summed E-state index contributed by atoms with van der Waals surface area (Å²) in [6.07, 6.45) is 9.61. The normalized spacial score (nSPS) is 25.4. The van der Waals surface area contributed by atoms with E-state index in [0.717, 1.165) is 44.9 Å². The van der Waals surface area contributed by atoms with Crippen molar-refractivity contribution < 1.29 is 32.4 Å². The van der Waals surface area contributed by atoms with Gasteiger partial charge in [-0.25, -0.2) is 13.2 Å². The predicted molar refractivity (Wildman–Crippen MR) is 183 cm³/mol. The van der Waals surface area contributed by atoms with E-state index in [-0.39, 0.29) is 47.8 Å². The monoisotopic (exact) mass is 691 g/mol. The van der Waals surface area contributed by atoms with Gasteiger partial charge in [0.25, 0.3) is 5.91 Å². The van der Waals surface area contributed by atoms with Gasteiger partial charge in [-0.2, -0.15) is 0 Å². The zero-order valence-corrected chi connectivity index (χ0v) is 30.3. The van der Waals surface area contributed by atoms with Crippen LogP contribution in [-0.4, -0.2) is 90.6 Å². The Balaban J connectivity index is 1.48. The number of likely N-dealkylation sites (tertiary alicyclic amines) is 1. The molecule has 0 aromatic heterocycles. The molecule has 5 atom stereocenters. The molecular weight excluding hydrogens is 634 g/mol. The lowest BCUT2D eigenvalue weighted by Gasteiger charge is -2.37. The number of nitrogens with zero attached hydrogens (tertiary/aromatic N) is 1. The maximum atomic E-state index is 14.3. The van der Waals surface area contributed by atoms with E-state index in [2.05, 4.69) is 41.7 Å². The fraction of sp³-hybridized carbons (Fsp3) is 0.800. The number of urea groups is 1. The van der Waals surface area contributed by atoms with Gasteiger partial charge in [-0.15, -0.1) is 6.58 Å². The van der Waals surface area contributed by atoms with Crippen LogP contribution in [0.15, 0.2) is 12.7 Å². The second-order valence-corrected chi connectivity index (χ2v) is 18.3. The predicted octanol–water partition coefficient (Wildman–Crippen LogP) is 3.01. The first-order valence-electron chi connectivity index (χ1n) is 17.8. The van der Waals surface area contributed by atoms with Crippen molar-refractivity contribution in [3.05, 3.63) is 12.7 Å². The summed E-state index contributed by atoms with van der Waals surface area (Å²) in [6, 6.07) is -3.28. The van der Waals surface area contributed by atoms with Gasteiger partial charge in [-0.1, -0.05) is 52.0 Å². The molecule has 4 aliphatic rings. The van der Waals surface area contributed by atoms with Crippen molar-refractivity contribution in [1.29, 1.82) is 0 Å². The Kier molecular flexibility index (Phi) is 12.1. The van der Waals surface area contributed by atoms with Gasteiger partial charge in [-0.3, -0.25) is 19.2 Å². The maximum absolute atomic E-state index is 14.3. The number of sulfone groups is 1. The fourth-order valence-electron chi connectivity index (χ4n) is 8.14. The minimum atomic E-state index is -3.38. The van der Waals surface area contributed by atoms with Gasteiger partial charge in [0.15, 0.2) is 9.84 Å². The van der Waals surface area contributed by atoms with Crippen LogP contribution >= 0.6 is 0 Å². The molecule has 0 aromatic carbocycles. The highest BCUT2D eigenvalue weighted by Crippen LogP contribution is 2.65. The minimum Gasteiger partial charge on any atom is -0.348 e.